The first-order valence-electron chi connectivity index (χ1n) is 9.60. The van der Waals surface area contributed by atoms with Crippen LogP contribution in [0.5, 0.6) is 0 Å². The van der Waals surface area contributed by atoms with Gasteiger partial charge in [0.1, 0.15) is 5.82 Å². The van der Waals surface area contributed by atoms with Crippen molar-refractivity contribution >= 4 is 34.9 Å². The number of fused-ring (bicyclic) bond motifs is 1. The van der Waals surface area contributed by atoms with Crippen LogP contribution in [-0.2, 0) is 4.79 Å². The summed E-state index contributed by atoms with van der Waals surface area (Å²) in [6, 6.07) is 25.0. The first-order chi connectivity index (χ1) is 14.6. The van der Waals surface area contributed by atoms with Gasteiger partial charge in [0.25, 0.3) is 0 Å². The van der Waals surface area contributed by atoms with E-state index in [1.165, 1.54) is 0 Å². The number of rotatable bonds is 3. The first kappa shape index (κ1) is 18.9. The maximum absolute atomic E-state index is 12.7. The highest BCUT2D eigenvalue weighted by atomic mass is 35.5. The van der Waals surface area contributed by atoms with Crippen molar-refractivity contribution in [2.24, 2.45) is 0 Å². The largest absolute Gasteiger partial charge is 0.310 e. The molecule has 1 unspecified atom stereocenters. The van der Waals surface area contributed by atoms with Crippen LogP contribution in [0.4, 0.5) is 5.82 Å². The zero-order valence-electron chi connectivity index (χ0n) is 15.8. The van der Waals surface area contributed by atoms with Gasteiger partial charge < -0.3 is 5.32 Å². The maximum atomic E-state index is 12.7. The lowest BCUT2D eigenvalue weighted by Crippen LogP contribution is -2.24. The van der Waals surface area contributed by atoms with Crippen molar-refractivity contribution in [2.75, 3.05) is 5.32 Å². The van der Waals surface area contributed by atoms with E-state index in [0.717, 1.165) is 28.1 Å². The molecule has 6 heteroatoms. The van der Waals surface area contributed by atoms with Crippen LogP contribution in [0.1, 0.15) is 23.5 Å². The number of carbonyl (C=O) groups is 1. The first-order valence-corrected chi connectivity index (χ1v) is 10.4. The smallest absolute Gasteiger partial charge is 0.226 e. The van der Waals surface area contributed by atoms with Crippen molar-refractivity contribution in [1.29, 1.82) is 0 Å². The summed E-state index contributed by atoms with van der Waals surface area (Å²) in [4.78, 5) is 12.7. The SMILES string of the molecule is O=C1CC(c2cccc(Cl)c2)c2c(-c3ccc(Cl)cc3)nn(-c3ccccc3)c2N1. The third kappa shape index (κ3) is 3.38. The van der Waals surface area contributed by atoms with E-state index in [9.17, 15) is 4.79 Å². The molecule has 1 N–H and O–H groups in total. The molecule has 2 heterocycles. The van der Waals surface area contributed by atoms with Crippen molar-refractivity contribution in [3.05, 3.63) is 100 Å². The predicted octanol–water partition coefficient (Wildman–Crippen LogP) is 6.32. The maximum Gasteiger partial charge on any atom is 0.226 e. The van der Waals surface area contributed by atoms with E-state index in [1.54, 1.807) is 4.68 Å². The minimum atomic E-state index is -0.157. The summed E-state index contributed by atoms with van der Waals surface area (Å²) >= 11 is 12.4. The Bertz CT molecular complexity index is 1230. The molecule has 0 spiro atoms. The molecule has 4 aromatic rings. The van der Waals surface area contributed by atoms with Crippen LogP contribution >= 0.6 is 23.2 Å². The number of aromatic nitrogens is 2. The number of anilines is 1. The molecule has 1 amide bonds. The lowest BCUT2D eigenvalue weighted by molar-refractivity contribution is -0.116. The Morgan fingerprint density at radius 3 is 2.40 bits per heavy atom. The van der Waals surface area contributed by atoms with Gasteiger partial charge in [-0.2, -0.15) is 5.10 Å². The lowest BCUT2D eigenvalue weighted by atomic mass is 9.84. The second-order valence-corrected chi connectivity index (χ2v) is 8.10. The Morgan fingerprint density at radius 1 is 0.900 bits per heavy atom. The summed E-state index contributed by atoms with van der Waals surface area (Å²) in [5.74, 6) is 0.482. The third-order valence-corrected chi connectivity index (χ3v) is 5.77. The predicted molar refractivity (Wildman–Crippen MR) is 121 cm³/mol. The highest BCUT2D eigenvalue weighted by Gasteiger charge is 2.34. The van der Waals surface area contributed by atoms with Gasteiger partial charge in [0.05, 0.1) is 11.4 Å². The molecule has 0 bridgehead atoms. The summed E-state index contributed by atoms with van der Waals surface area (Å²) in [5, 5.41) is 9.27. The number of nitrogens with zero attached hydrogens (tertiary/aromatic N) is 2. The molecule has 148 valence electrons. The molecule has 4 nitrogen and oxygen atoms in total. The number of carbonyl (C=O) groups excluding carboxylic acids is 1. The Kier molecular flexibility index (Phi) is 4.81. The molecule has 0 fully saturated rings. The Hall–Kier alpha value is -3.08. The average molecular weight is 434 g/mol. The summed E-state index contributed by atoms with van der Waals surface area (Å²) in [5.41, 5.74) is 4.59. The van der Waals surface area contributed by atoms with Crippen LogP contribution < -0.4 is 5.32 Å². The highest BCUT2D eigenvalue weighted by molar-refractivity contribution is 6.31. The summed E-state index contributed by atoms with van der Waals surface area (Å²) in [6.45, 7) is 0. The zero-order chi connectivity index (χ0) is 20.7. The normalized spacial score (nSPS) is 15.5. The van der Waals surface area contributed by atoms with E-state index in [-0.39, 0.29) is 11.8 Å². The number of para-hydroxylation sites is 1. The number of benzene rings is 3. The van der Waals surface area contributed by atoms with E-state index in [4.69, 9.17) is 28.3 Å². The molecule has 1 aromatic heterocycles. The Morgan fingerprint density at radius 2 is 1.67 bits per heavy atom. The van der Waals surface area contributed by atoms with Crippen LogP contribution in [-0.4, -0.2) is 15.7 Å². The van der Waals surface area contributed by atoms with Gasteiger partial charge in [-0.15, -0.1) is 0 Å². The van der Waals surface area contributed by atoms with Crippen LogP contribution in [0, 0.1) is 0 Å². The van der Waals surface area contributed by atoms with Crippen LogP contribution in [0.25, 0.3) is 16.9 Å². The van der Waals surface area contributed by atoms with Gasteiger partial charge in [0.2, 0.25) is 5.91 Å². The van der Waals surface area contributed by atoms with Crippen molar-refractivity contribution in [3.63, 3.8) is 0 Å². The van der Waals surface area contributed by atoms with Crippen molar-refractivity contribution in [2.45, 2.75) is 12.3 Å². The van der Waals surface area contributed by atoms with Gasteiger partial charge in [0.15, 0.2) is 0 Å². The van der Waals surface area contributed by atoms with E-state index in [2.05, 4.69) is 5.32 Å². The fraction of sp³-hybridized carbons (Fsp3) is 0.0833. The Labute approximate surface area is 184 Å². The molecule has 3 aromatic carbocycles. The molecule has 1 atom stereocenters. The van der Waals surface area contributed by atoms with E-state index < -0.39 is 0 Å². The quantitative estimate of drug-likeness (QED) is 0.410. The van der Waals surface area contributed by atoms with Crippen LogP contribution in [0.15, 0.2) is 78.9 Å². The number of halogens is 2. The second-order valence-electron chi connectivity index (χ2n) is 7.23. The minimum Gasteiger partial charge on any atom is -0.310 e. The summed E-state index contributed by atoms with van der Waals surface area (Å²) in [6.07, 6.45) is 0.328. The van der Waals surface area contributed by atoms with Gasteiger partial charge in [-0.3, -0.25) is 4.79 Å². The standard InChI is InChI=1S/C24H17Cl2N3O/c25-17-11-9-15(10-12-17)23-22-20(16-5-4-6-18(26)13-16)14-21(30)27-24(22)29(28-23)19-7-2-1-3-8-19/h1-13,20H,14H2,(H,27,30). The fourth-order valence-electron chi connectivity index (χ4n) is 3.94. The molecule has 0 saturated heterocycles. The molecule has 0 saturated carbocycles. The topological polar surface area (TPSA) is 46.9 Å². The molecular formula is C24H17Cl2N3O. The van der Waals surface area contributed by atoms with Gasteiger partial charge in [-0.05, 0) is 42.0 Å². The molecule has 30 heavy (non-hydrogen) atoms. The average Bonchev–Trinajstić information content (AvgIpc) is 3.13. The van der Waals surface area contributed by atoms with E-state index >= 15 is 0 Å². The van der Waals surface area contributed by atoms with Crippen molar-refractivity contribution in [1.82, 2.24) is 9.78 Å². The summed E-state index contributed by atoms with van der Waals surface area (Å²) in [7, 11) is 0. The summed E-state index contributed by atoms with van der Waals surface area (Å²) < 4.78 is 1.80. The van der Waals surface area contributed by atoms with Gasteiger partial charge >= 0.3 is 0 Å². The van der Waals surface area contributed by atoms with Gasteiger partial charge in [-0.1, -0.05) is 65.7 Å². The van der Waals surface area contributed by atoms with E-state index in [0.29, 0.717) is 22.3 Å². The fourth-order valence-corrected chi connectivity index (χ4v) is 4.26. The molecular weight excluding hydrogens is 417 g/mol. The second kappa shape index (κ2) is 7.63. The molecule has 1 aliphatic rings. The van der Waals surface area contributed by atoms with Gasteiger partial charge in [0, 0.05) is 33.5 Å². The third-order valence-electron chi connectivity index (χ3n) is 5.29. The highest BCUT2D eigenvalue weighted by Crippen LogP contribution is 2.44. The van der Waals surface area contributed by atoms with Crippen molar-refractivity contribution in [3.8, 4) is 16.9 Å². The number of hydrogen-bond acceptors (Lipinski definition) is 2. The number of amides is 1. The van der Waals surface area contributed by atoms with Crippen LogP contribution in [0.2, 0.25) is 10.0 Å². The molecule has 0 radical (unpaired) electrons. The number of nitrogens with one attached hydrogen (secondary N) is 1. The minimum absolute atomic E-state index is 0.0489. The molecule has 5 rings (SSSR count). The zero-order valence-corrected chi connectivity index (χ0v) is 17.4. The van der Waals surface area contributed by atoms with Crippen molar-refractivity contribution < 1.29 is 4.79 Å². The lowest BCUT2D eigenvalue weighted by Gasteiger charge is -2.25. The van der Waals surface area contributed by atoms with Crippen LogP contribution in [0.3, 0.4) is 0 Å². The molecule has 0 aliphatic carbocycles. The van der Waals surface area contributed by atoms with E-state index in [1.807, 2.05) is 78.9 Å². The Balaban J connectivity index is 1.77. The van der Waals surface area contributed by atoms with Gasteiger partial charge in [-0.25, -0.2) is 4.68 Å². The number of hydrogen-bond donors (Lipinski definition) is 1. The monoisotopic (exact) mass is 433 g/mol. The molecule has 1 aliphatic heterocycles.